The Kier molecular flexibility index (Phi) is 14.9. The minimum atomic E-state index is -0.429. The Morgan fingerprint density at radius 2 is 0.562 bits per heavy atom. The maximum Gasteiger partial charge on any atom is 0.0620 e. The first-order chi connectivity index (χ1) is 43.4. The molecular formula is C86H75N3. The van der Waals surface area contributed by atoms with E-state index in [9.17, 15) is 0 Å². The van der Waals surface area contributed by atoms with Gasteiger partial charge in [0.05, 0.1) is 28.4 Å². The van der Waals surface area contributed by atoms with Gasteiger partial charge in [-0.15, -0.1) is 0 Å². The van der Waals surface area contributed by atoms with Gasteiger partial charge in [-0.25, -0.2) is 0 Å². The Morgan fingerprint density at radius 3 is 0.955 bits per heavy atom. The summed E-state index contributed by atoms with van der Waals surface area (Å²) in [6.45, 7) is 18.6. The summed E-state index contributed by atoms with van der Waals surface area (Å²) < 4.78 is 0. The molecule has 13 aromatic rings. The summed E-state index contributed by atoms with van der Waals surface area (Å²) in [7, 11) is 0. The third-order valence-electron chi connectivity index (χ3n) is 18.6. The highest BCUT2D eigenvalue weighted by atomic mass is 15.2. The van der Waals surface area contributed by atoms with Crippen molar-refractivity contribution in [3.05, 3.63) is 319 Å². The second-order valence-corrected chi connectivity index (χ2v) is 25.4. The van der Waals surface area contributed by atoms with E-state index in [1.807, 2.05) is 0 Å². The number of nitrogens with zero attached hydrogens (tertiary/aromatic N) is 3. The molecule has 0 spiro atoms. The van der Waals surface area contributed by atoms with Crippen molar-refractivity contribution in [3.63, 3.8) is 0 Å². The summed E-state index contributed by atoms with van der Waals surface area (Å²) in [6, 6.07) is 109. The first kappa shape index (κ1) is 56.6. The minimum Gasteiger partial charge on any atom is -0.310 e. The van der Waals surface area contributed by atoms with Crippen LogP contribution in [0.15, 0.2) is 291 Å². The number of hydrogen-bond donors (Lipinski definition) is 0. The summed E-state index contributed by atoms with van der Waals surface area (Å²) in [4.78, 5) is 7.63. The average molecular weight is 1150 g/mol. The van der Waals surface area contributed by atoms with Gasteiger partial charge in [0.15, 0.2) is 0 Å². The topological polar surface area (TPSA) is 9.72 Å². The Bertz CT molecular complexity index is 4700. The van der Waals surface area contributed by atoms with E-state index in [0.29, 0.717) is 17.8 Å². The highest BCUT2D eigenvalue weighted by Crippen LogP contribution is 2.58. The highest BCUT2D eigenvalue weighted by Gasteiger charge is 2.39. The van der Waals surface area contributed by atoms with E-state index in [1.165, 1.54) is 55.5 Å². The molecule has 1 aliphatic rings. The fraction of sp³-hybridized carbons (Fsp3) is 0.140. The predicted octanol–water partition coefficient (Wildman–Crippen LogP) is 25.1. The highest BCUT2D eigenvalue weighted by molar-refractivity contribution is 6.25. The zero-order chi connectivity index (χ0) is 60.9. The van der Waals surface area contributed by atoms with E-state index in [1.54, 1.807) is 0 Å². The largest absolute Gasteiger partial charge is 0.310 e. The molecule has 0 saturated carbocycles. The zero-order valence-corrected chi connectivity index (χ0v) is 52.3. The van der Waals surface area contributed by atoms with Gasteiger partial charge in [-0.05, 0) is 152 Å². The normalized spacial score (nSPS) is 12.4. The van der Waals surface area contributed by atoms with Crippen LogP contribution >= 0.6 is 0 Å². The monoisotopic (exact) mass is 1150 g/mol. The van der Waals surface area contributed by atoms with Crippen LogP contribution < -0.4 is 14.7 Å². The number of para-hydroxylation sites is 3. The van der Waals surface area contributed by atoms with E-state index in [0.717, 1.165) is 89.6 Å². The molecule has 13 aromatic carbocycles. The summed E-state index contributed by atoms with van der Waals surface area (Å²) >= 11 is 0. The number of anilines is 9. The number of fused-ring (bicyclic) bond motifs is 5. The van der Waals surface area contributed by atoms with Crippen molar-refractivity contribution in [1.82, 2.24) is 0 Å². The van der Waals surface area contributed by atoms with Gasteiger partial charge in [0, 0.05) is 66.4 Å². The molecule has 0 heterocycles. The molecule has 1 aliphatic carbocycles. The quantitative estimate of drug-likeness (QED) is 0.0748. The standard InChI is InChI=1S/C86H75N3/c1-57(2)60-40-46-66(47-41-60)87(81-37-23-20-32-70(81)63-26-12-9-13-27-63)69-52-53-73-76-55-77-78(56-80(76)86(7,8)79(73)54-69)85(89(68-50-44-62(45-51-68)59(5)6)83-39-25-22-34-72(83)65-30-16-11-17-31-65)75-36-19-18-35-74(75)84(77)88(67-48-42-61(43-49-67)58(3)4)82-38-24-21-33-71(82)64-28-14-10-15-29-64/h9-59H,1-8H3. The van der Waals surface area contributed by atoms with E-state index in [-0.39, 0.29) is 0 Å². The smallest absolute Gasteiger partial charge is 0.0620 e. The lowest BCUT2D eigenvalue weighted by Gasteiger charge is -2.35. The second kappa shape index (κ2) is 23.5. The van der Waals surface area contributed by atoms with Gasteiger partial charge in [-0.1, -0.05) is 268 Å². The van der Waals surface area contributed by atoms with Crippen LogP contribution in [-0.2, 0) is 5.41 Å². The molecule has 0 radical (unpaired) electrons. The van der Waals surface area contributed by atoms with E-state index < -0.39 is 5.41 Å². The van der Waals surface area contributed by atoms with Gasteiger partial charge in [-0.2, -0.15) is 0 Å². The van der Waals surface area contributed by atoms with Crippen LogP contribution in [0.4, 0.5) is 51.2 Å². The lowest BCUT2D eigenvalue weighted by atomic mass is 9.81. The van der Waals surface area contributed by atoms with Crippen molar-refractivity contribution in [2.24, 2.45) is 0 Å². The van der Waals surface area contributed by atoms with Crippen LogP contribution in [0.25, 0.3) is 66.1 Å². The molecule has 3 nitrogen and oxygen atoms in total. The number of benzene rings is 13. The first-order valence-corrected chi connectivity index (χ1v) is 31.7. The first-order valence-electron chi connectivity index (χ1n) is 31.7. The third kappa shape index (κ3) is 10.2. The molecule has 0 saturated heterocycles. The van der Waals surface area contributed by atoms with Crippen LogP contribution in [0.5, 0.6) is 0 Å². The molecule has 0 aliphatic heterocycles. The molecule has 0 atom stereocenters. The molecule has 0 unspecified atom stereocenters. The third-order valence-corrected chi connectivity index (χ3v) is 18.6. The summed E-state index contributed by atoms with van der Waals surface area (Å²) in [6.07, 6.45) is 0. The number of hydrogen-bond acceptors (Lipinski definition) is 3. The fourth-order valence-electron chi connectivity index (χ4n) is 13.8. The van der Waals surface area contributed by atoms with Gasteiger partial charge < -0.3 is 14.7 Å². The Hall–Kier alpha value is -10.2. The molecule has 0 amide bonds. The predicted molar refractivity (Wildman–Crippen MR) is 382 cm³/mol. The molecule has 0 fully saturated rings. The Morgan fingerprint density at radius 1 is 0.247 bits per heavy atom. The SMILES string of the molecule is CC(C)c1ccc(N(c2ccc3c(c2)C(C)(C)c2cc4c(N(c5ccc(C(C)C)cc5)c5ccccc5-c5ccccc5)c5ccccc5c(N(c5ccc(C(C)C)cc5)c5ccccc5-c5ccccc5)c4cc2-3)c2ccccc2-c2ccccc2)cc1. The maximum absolute atomic E-state index is 2.59. The summed E-state index contributed by atoms with van der Waals surface area (Å²) in [5.74, 6) is 1.16. The Balaban J connectivity index is 1.09. The van der Waals surface area contributed by atoms with Crippen molar-refractivity contribution >= 4 is 72.7 Å². The van der Waals surface area contributed by atoms with Crippen LogP contribution in [0, 0.1) is 0 Å². The molecule has 0 bridgehead atoms. The molecule has 3 heteroatoms. The number of rotatable bonds is 15. The summed E-state index contributed by atoms with van der Waals surface area (Å²) in [5.41, 5.74) is 25.6. The lowest BCUT2D eigenvalue weighted by Crippen LogP contribution is -2.18. The summed E-state index contributed by atoms with van der Waals surface area (Å²) in [5, 5.41) is 4.62. The van der Waals surface area contributed by atoms with Crippen LogP contribution in [-0.4, -0.2) is 0 Å². The molecule has 89 heavy (non-hydrogen) atoms. The van der Waals surface area contributed by atoms with Crippen molar-refractivity contribution in [1.29, 1.82) is 0 Å². The van der Waals surface area contributed by atoms with E-state index in [4.69, 9.17) is 0 Å². The van der Waals surface area contributed by atoms with Crippen LogP contribution in [0.1, 0.15) is 101 Å². The van der Waals surface area contributed by atoms with Crippen LogP contribution in [0.3, 0.4) is 0 Å². The average Bonchev–Trinajstić information content (AvgIpc) is 2.10. The van der Waals surface area contributed by atoms with Gasteiger partial charge in [0.25, 0.3) is 0 Å². The minimum absolute atomic E-state index is 0.372. The van der Waals surface area contributed by atoms with Crippen LogP contribution in [0.2, 0.25) is 0 Å². The molecule has 0 N–H and O–H groups in total. The zero-order valence-electron chi connectivity index (χ0n) is 52.3. The van der Waals surface area contributed by atoms with Crippen molar-refractivity contribution in [2.75, 3.05) is 14.7 Å². The maximum atomic E-state index is 2.59. The second-order valence-electron chi connectivity index (χ2n) is 25.4. The van der Waals surface area contributed by atoms with Gasteiger partial charge in [0.2, 0.25) is 0 Å². The van der Waals surface area contributed by atoms with Crippen molar-refractivity contribution < 1.29 is 0 Å². The van der Waals surface area contributed by atoms with E-state index >= 15 is 0 Å². The fourth-order valence-corrected chi connectivity index (χ4v) is 13.8. The molecule has 14 rings (SSSR count). The van der Waals surface area contributed by atoms with Gasteiger partial charge >= 0.3 is 0 Å². The molecule has 0 aromatic heterocycles. The van der Waals surface area contributed by atoms with Gasteiger partial charge in [-0.3, -0.25) is 0 Å². The van der Waals surface area contributed by atoms with Crippen molar-refractivity contribution in [2.45, 2.75) is 78.6 Å². The molecule has 434 valence electrons. The molecular weight excluding hydrogens is 1070 g/mol. The Labute approximate surface area is 526 Å². The van der Waals surface area contributed by atoms with Gasteiger partial charge in [0.1, 0.15) is 0 Å². The van der Waals surface area contributed by atoms with Crippen molar-refractivity contribution in [3.8, 4) is 44.5 Å². The van der Waals surface area contributed by atoms with E-state index in [2.05, 4.69) is 361 Å². The lowest BCUT2D eigenvalue weighted by molar-refractivity contribution is 0.661.